The van der Waals surface area contributed by atoms with Crippen molar-refractivity contribution in [3.63, 3.8) is 0 Å². The van der Waals surface area contributed by atoms with Gasteiger partial charge in [-0.1, -0.05) is 60.3 Å². The van der Waals surface area contributed by atoms with Crippen LogP contribution in [0.15, 0.2) is 76.5 Å². The van der Waals surface area contributed by atoms with Crippen LogP contribution in [-0.4, -0.2) is 9.97 Å². The van der Waals surface area contributed by atoms with Crippen LogP contribution < -0.4 is 0 Å². The van der Waals surface area contributed by atoms with Crippen molar-refractivity contribution in [1.29, 1.82) is 0 Å². The summed E-state index contributed by atoms with van der Waals surface area (Å²) in [5.74, 6) is 0. The van der Waals surface area contributed by atoms with Crippen LogP contribution in [0, 0.1) is 0 Å². The molecule has 4 aromatic rings. The number of hydrogen-bond acceptors (Lipinski definition) is 3. The highest BCUT2D eigenvalue weighted by Crippen LogP contribution is 2.48. The van der Waals surface area contributed by atoms with E-state index in [4.69, 9.17) is 11.6 Å². The average molecular weight is 347 g/mol. The van der Waals surface area contributed by atoms with Gasteiger partial charge >= 0.3 is 0 Å². The first kappa shape index (κ1) is 14.0. The third-order valence-electron chi connectivity index (χ3n) is 4.20. The van der Waals surface area contributed by atoms with Crippen LogP contribution in [0.3, 0.4) is 0 Å². The fourth-order valence-corrected chi connectivity index (χ4v) is 4.46. The summed E-state index contributed by atoms with van der Waals surface area (Å²) >= 11 is 7.98. The highest BCUT2D eigenvalue weighted by Gasteiger charge is 2.22. The van der Waals surface area contributed by atoms with Crippen molar-refractivity contribution in [1.82, 2.24) is 9.97 Å². The Bertz CT molecular complexity index is 1090. The molecule has 24 heavy (non-hydrogen) atoms. The molecule has 0 unspecified atom stereocenters. The zero-order valence-electron chi connectivity index (χ0n) is 12.5. The molecule has 2 nitrogen and oxygen atoms in total. The number of halogens is 1. The minimum Gasteiger partial charge on any atom is -0.218 e. The predicted molar refractivity (Wildman–Crippen MR) is 99.5 cm³/mol. The summed E-state index contributed by atoms with van der Waals surface area (Å²) < 4.78 is 0. The largest absolute Gasteiger partial charge is 0.223 e. The van der Waals surface area contributed by atoms with Gasteiger partial charge < -0.3 is 0 Å². The van der Waals surface area contributed by atoms with Crippen molar-refractivity contribution >= 4 is 34.3 Å². The van der Waals surface area contributed by atoms with Gasteiger partial charge in [0.15, 0.2) is 0 Å². The SMILES string of the molecule is Clc1nc2c3c(cc(-c4ccccc4)cc3n1)Sc1ccccc1-2. The third kappa shape index (κ3) is 2.13. The van der Waals surface area contributed by atoms with Crippen molar-refractivity contribution in [2.24, 2.45) is 0 Å². The van der Waals surface area contributed by atoms with Gasteiger partial charge in [-0.05, 0) is 40.9 Å². The summed E-state index contributed by atoms with van der Waals surface area (Å²) in [6, 6.07) is 23.0. The van der Waals surface area contributed by atoms with Crippen LogP contribution in [-0.2, 0) is 0 Å². The quantitative estimate of drug-likeness (QED) is 0.344. The Kier molecular flexibility index (Phi) is 3.12. The zero-order valence-corrected chi connectivity index (χ0v) is 14.1. The minimum atomic E-state index is 0.287. The summed E-state index contributed by atoms with van der Waals surface area (Å²) in [4.78, 5) is 11.4. The lowest BCUT2D eigenvalue weighted by Gasteiger charge is -2.20. The standard InChI is InChI=1S/C20H11ClN2S/c21-20-22-15-10-13(12-6-2-1-3-7-12)11-17-18(15)19(23-20)14-8-4-5-9-16(14)24-17/h1-11H. The van der Waals surface area contributed by atoms with Crippen molar-refractivity contribution < 1.29 is 0 Å². The van der Waals surface area contributed by atoms with Crippen molar-refractivity contribution in [3.05, 3.63) is 72.0 Å². The first-order chi connectivity index (χ1) is 11.8. The third-order valence-corrected chi connectivity index (χ3v) is 5.49. The van der Waals surface area contributed by atoms with Gasteiger partial charge in [0, 0.05) is 20.7 Å². The molecular weight excluding hydrogens is 336 g/mol. The minimum absolute atomic E-state index is 0.287. The summed E-state index contributed by atoms with van der Waals surface area (Å²) in [6.07, 6.45) is 0. The molecule has 0 saturated heterocycles. The first-order valence-electron chi connectivity index (χ1n) is 7.63. The second-order valence-electron chi connectivity index (χ2n) is 5.67. The summed E-state index contributed by atoms with van der Waals surface area (Å²) in [5, 5.41) is 1.37. The van der Waals surface area contributed by atoms with Crippen molar-refractivity contribution in [2.75, 3.05) is 0 Å². The summed E-state index contributed by atoms with van der Waals surface area (Å²) in [6.45, 7) is 0. The smallest absolute Gasteiger partial charge is 0.218 e. The Morgan fingerprint density at radius 1 is 0.750 bits per heavy atom. The van der Waals surface area contributed by atoms with Gasteiger partial charge in [0.1, 0.15) is 0 Å². The van der Waals surface area contributed by atoms with E-state index in [2.05, 4.69) is 52.4 Å². The fraction of sp³-hybridized carbons (Fsp3) is 0. The Morgan fingerprint density at radius 2 is 1.54 bits per heavy atom. The Morgan fingerprint density at radius 3 is 2.42 bits per heavy atom. The molecule has 0 radical (unpaired) electrons. The van der Waals surface area contributed by atoms with Crippen LogP contribution in [0.5, 0.6) is 0 Å². The average Bonchev–Trinajstić information content (AvgIpc) is 2.62. The van der Waals surface area contributed by atoms with E-state index < -0.39 is 0 Å². The van der Waals surface area contributed by atoms with Crippen LogP contribution in [0.1, 0.15) is 0 Å². The molecule has 0 N–H and O–H groups in total. The molecule has 3 aromatic carbocycles. The lowest BCUT2D eigenvalue weighted by Crippen LogP contribution is -1.98. The molecule has 0 fully saturated rings. The van der Waals surface area contributed by atoms with Gasteiger partial charge in [-0.2, -0.15) is 0 Å². The fourth-order valence-electron chi connectivity index (χ4n) is 3.14. The highest BCUT2D eigenvalue weighted by molar-refractivity contribution is 7.99. The first-order valence-corrected chi connectivity index (χ1v) is 8.83. The van der Waals surface area contributed by atoms with Gasteiger partial charge in [-0.15, -0.1) is 0 Å². The number of hydrogen-bond donors (Lipinski definition) is 0. The van der Waals surface area contributed by atoms with Crippen LogP contribution in [0.25, 0.3) is 33.3 Å². The maximum absolute atomic E-state index is 6.21. The molecule has 0 amide bonds. The number of aromatic nitrogens is 2. The van der Waals surface area contributed by atoms with Crippen molar-refractivity contribution in [2.45, 2.75) is 9.79 Å². The molecule has 0 spiro atoms. The van der Waals surface area contributed by atoms with Crippen LogP contribution >= 0.6 is 23.4 Å². The Labute approximate surface area is 148 Å². The number of rotatable bonds is 1. The van der Waals surface area contributed by atoms with Crippen LogP contribution in [0.4, 0.5) is 0 Å². The van der Waals surface area contributed by atoms with E-state index in [-0.39, 0.29) is 5.28 Å². The van der Waals surface area contributed by atoms with Gasteiger partial charge in [0.05, 0.1) is 11.2 Å². The number of benzene rings is 3. The van der Waals surface area contributed by atoms with Gasteiger partial charge in [0.2, 0.25) is 5.28 Å². The molecule has 0 saturated carbocycles. The van der Waals surface area contributed by atoms with Crippen molar-refractivity contribution in [3.8, 4) is 22.4 Å². The molecule has 0 bridgehead atoms. The van der Waals surface area contributed by atoms with Gasteiger partial charge in [-0.3, -0.25) is 0 Å². The Balaban J connectivity index is 1.86. The molecule has 114 valence electrons. The molecule has 0 aliphatic carbocycles. The highest BCUT2D eigenvalue weighted by atomic mass is 35.5. The van der Waals surface area contributed by atoms with E-state index in [0.29, 0.717) is 0 Å². The van der Waals surface area contributed by atoms with E-state index in [1.165, 1.54) is 15.4 Å². The van der Waals surface area contributed by atoms with E-state index in [9.17, 15) is 0 Å². The molecule has 1 aliphatic heterocycles. The summed E-state index contributed by atoms with van der Waals surface area (Å²) in [5.41, 5.74) is 5.26. The maximum atomic E-state index is 6.21. The molecule has 5 rings (SSSR count). The molecule has 2 heterocycles. The topological polar surface area (TPSA) is 25.8 Å². The lowest BCUT2D eigenvalue weighted by atomic mass is 10.0. The van der Waals surface area contributed by atoms with E-state index in [0.717, 1.165) is 27.7 Å². The lowest BCUT2D eigenvalue weighted by molar-refractivity contribution is 1.19. The van der Waals surface area contributed by atoms with E-state index in [1.807, 2.05) is 24.3 Å². The second-order valence-corrected chi connectivity index (χ2v) is 7.10. The number of fused-ring (bicyclic) bond motifs is 2. The van der Waals surface area contributed by atoms with Gasteiger partial charge in [0.25, 0.3) is 0 Å². The monoisotopic (exact) mass is 346 g/mol. The maximum Gasteiger partial charge on any atom is 0.223 e. The molecule has 1 aliphatic rings. The number of nitrogens with zero attached hydrogens (tertiary/aromatic N) is 2. The zero-order chi connectivity index (χ0) is 16.1. The van der Waals surface area contributed by atoms with Gasteiger partial charge in [-0.25, -0.2) is 9.97 Å². The second kappa shape index (κ2) is 5.33. The molecule has 0 atom stereocenters. The molecular formula is C20H11ClN2S. The van der Waals surface area contributed by atoms with Crippen LogP contribution in [0.2, 0.25) is 5.28 Å². The van der Waals surface area contributed by atoms with E-state index >= 15 is 0 Å². The Hall–Kier alpha value is -2.36. The summed E-state index contributed by atoms with van der Waals surface area (Å²) in [7, 11) is 0. The predicted octanol–water partition coefficient (Wildman–Crippen LogP) is 6.08. The van der Waals surface area contributed by atoms with E-state index in [1.54, 1.807) is 11.8 Å². The normalized spacial score (nSPS) is 12.2. The molecule has 1 aromatic heterocycles. The molecule has 4 heteroatoms.